The minimum absolute atomic E-state index is 0.0506. The molecule has 3 amide bonds. The molecule has 0 bridgehead atoms. The summed E-state index contributed by atoms with van der Waals surface area (Å²) in [7, 11) is -2.43. The number of rotatable bonds is 8. The van der Waals surface area contributed by atoms with Crippen molar-refractivity contribution in [2.75, 3.05) is 43.4 Å². The van der Waals surface area contributed by atoms with E-state index in [2.05, 4.69) is 10.0 Å². The van der Waals surface area contributed by atoms with Crippen LogP contribution in [0.2, 0.25) is 0 Å². The fraction of sp³-hybridized carbons (Fsp3) is 0.444. The monoisotopic (exact) mass is 734 g/mol. The number of sulfonamides is 1. The zero-order valence-electron chi connectivity index (χ0n) is 29.0. The van der Waals surface area contributed by atoms with E-state index < -0.39 is 45.8 Å². The molecule has 0 aliphatic carbocycles. The number of benzene rings is 3. The van der Waals surface area contributed by atoms with E-state index >= 15 is 0 Å². The summed E-state index contributed by atoms with van der Waals surface area (Å²) in [6.07, 6.45) is -3.33. The fourth-order valence-electron chi connectivity index (χ4n) is 5.58. The Labute approximate surface area is 296 Å². The van der Waals surface area contributed by atoms with Crippen molar-refractivity contribution < 1.29 is 45.8 Å². The number of anilines is 2. The van der Waals surface area contributed by atoms with E-state index in [-0.39, 0.29) is 59.3 Å². The summed E-state index contributed by atoms with van der Waals surface area (Å²) < 4.78 is 80.2. The molecule has 4 atom stereocenters. The lowest BCUT2D eigenvalue weighted by Gasteiger charge is -2.35. The molecule has 0 aromatic heterocycles. The molecule has 1 aliphatic heterocycles. The lowest BCUT2D eigenvalue weighted by Crippen LogP contribution is -2.48. The quantitative estimate of drug-likeness (QED) is 0.242. The van der Waals surface area contributed by atoms with Gasteiger partial charge in [0.1, 0.15) is 5.75 Å². The van der Waals surface area contributed by atoms with Crippen LogP contribution in [0.5, 0.6) is 5.75 Å². The Kier molecular flexibility index (Phi) is 13.3. The van der Waals surface area contributed by atoms with Crippen LogP contribution in [0.1, 0.15) is 56.0 Å². The normalized spacial score (nSPS) is 20.0. The molecule has 15 heteroatoms. The predicted molar refractivity (Wildman–Crippen MR) is 187 cm³/mol. The van der Waals surface area contributed by atoms with Gasteiger partial charge in [-0.2, -0.15) is 13.2 Å². The van der Waals surface area contributed by atoms with Crippen molar-refractivity contribution in [3.63, 3.8) is 0 Å². The van der Waals surface area contributed by atoms with Crippen molar-refractivity contribution in [2.24, 2.45) is 5.92 Å². The Morgan fingerprint density at radius 2 is 1.71 bits per heavy atom. The molecule has 278 valence electrons. The third-order valence-electron chi connectivity index (χ3n) is 8.62. The summed E-state index contributed by atoms with van der Waals surface area (Å²) in [6.45, 7) is 5.58. The summed E-state index contributed by atoms with van der Waals surface area (Å²) in [5, 5.41) is 12.8. The number of urea groups is 1. The van der Waals surface area contributed by atoms with Gasteiger partial charge in [0.15, 0.2) is 0 Å². The highest BCUT2D eigenvalue weighted by Gasteiger charge is 2.32. The third-order valence-corrected chi connectivity index (χ3v) is 10.0. The topological polar surface area (TPSA) is 138 Å². The molecule has 0 saturated heterocycles. The van der Waals surface area contributed by atoms with Gasteiger partial charge in [-0.3, -0.25) is 9.52 Å². The van der Waals surface area contributed by atoms with Crippen LogP contribution < -0.4 is 14.8 Å². The van der Waals surface area contributed by atoms with Crippen LogP contribution in [0.15, 0.2) is 77.7 Å². The maximum Gasteiger partial charge on any atom is 0.416 e. The lowest BCUT2D eigenvalue weighted by molar-refractivity contribution is -0.137. The van der Waals surface area contributed by atoms with E-state index in [1.807, 2.05) is 13.8 Å². The Morgan fingerprint density at radius 3 is 2.35 bits per heavy atom. The number of alkyl halides is 3. The Balaban J connectivity index is 1.59. The molecular formula is C36H45F3N4O7S. The number of ether oxygens (including phenoxy) is 2. The molecule has 0 unspecified atom stereocenters. The van der Waals surface area contributed by atoms with E-state index in [4.69, 9.17) is 9.47 Å². The lowest BCUT2D eigenvalue weighted by atomic mass is 10.0. The second-order valence-electron chi connectivity index (χ2n) is 12.8. The number of nitrogens with one attached hydrogen (secondary N) is 2. The zero-order chi connectivity index (χ0) is 37.3. The highest BCUT2D eigenvalue weighted by Crippen LogP contribution is 2.31. The van der Waals surface area contributed by atoms with Gasteiger partial charge < -0.3 is 29.7 Å². The summed E-state index contributed by atoms with van der Waals surface area (Å²) in [6, 6.07) is 15.2. The number of amides is 3. The molecule has 1 heterocycles. The number of nitrogens with zero attached hydrogens (tertiary/aromatic N) is 2. The van der Waals surface area contributed by atoms with Crippen LogP contribution in [0.3, 0.4) is 0 Å². The molecular weight excluding hydrogens is 689 g/mol. The van der Waals surface area contributed by atoms with Gasteiger partial charge in [0.25, 0.3) is 15.9 Å². The molecule has 0 spiro atoms. The van der Waals surface area contributed by atoms with Crippen molar-refractivity contribution in [1.82, 2.24) is 9.80 Å². The second kappa shape index (κ2) is 17.2. The van der Waals surface area contributed by atoms with Gasteiger partial charge in [0, 0.05) is 44.0 Å². The Bertz CT molecular complexity index is 1730. The van der Waals surface area contributed by atoms with Gasteiger partial charge in [0.2, 0.25) is 0 Å². The largest absolute Gasteiger partial charge is 0.490 e. The van der Waals surface area contributed by atoms with Crippen LogP contribution in [-0.4, -0.2) is 86.9 Å². The maximum atomic E-state index is 14.3. The van der Waals surface area contributed by atoms with Crippen molar-refractivity contribution in [3.05, 3.63) is 83.9 Å². The van der Waals surface area contributed by atoms with Gasteiger partial charge >= 0.3 is 12.2 Å². The number of hydrogen-bond acceptors (Lipinski definition) is 7. The van der Waals surface area contributed by atoms with Crippen LogP contribution in [0.4, 0.5) is 29.3 Å². The van der Waals surface area contributed by atoms with Crippen molar-refractivity contribution in [2.45, 2.75) is 69.4 Å². The number of hydrogen-bond donors (Lipinski definition) is 3. The number of halogens is 3. The average molecular weight is 735 g/mol. The van der Waals surface area contributed by atoms with Crippen molar-refractivity contribution >= 4 is 33.3 Å². The van der Waals surface area contributed by atoms with Crippen LogP contribution >= 0.6 is 0 Å². The highest BCUT2D eigenvalue weighted by molar-refractivity contribution is 7.92. The molecule has 51 heavy (non-hydrogen) atoms. The summed E-state index contributed by atoms with van der Waals surface area (Å²) in [4.78, 5) is 30.3. The third kappa shape index (κ3) is 10.8. The van der Waals surface area contributed by atoms with E-state index in [1.54, 1.807) is 31.2 Å². The van der Waals surface area contributed by atoms with E-state index in [0.29, 0.717) is 19.4 Å². The van der Waals surface area contributed by atoms with Gasteiger partial charge in [-0.05, 0) is 87.7 Å². The molecule has 3 N–H and O–H groups in total. The van der Waals surface area contributed by atoms with Crippen LogP contribution in [-0.2, 0) is 20.9 Å². The number of carbonyl (C=O) groups excluding carboxylic acids is 2. The predicted octanol–water partition coefficient (Wildman–Crippen LogP) is 6.47. The minimum Gasteiger partial charge on any atom is -0.490 e. The fourth-order valence-corrected chi connectivity index (χ4v) is 6.65. The summed E-state index contributed by atoms with van der Waals surface area (Å²) >= 11 is 0. The molecule has 1 aliphatic rings. The van der Waals surface area contributed by atoms with E-state index in [1.165, 1.54) is 53.2 Å². The summed E-state index contributed by atoms with van der Waals surface area (Å²) in [5.74, 6) is -0.617. The molecule has 3 aromatic carbocycles. The van der Waals surface area contributed by atoms with Crippen molar-refractivity contribution in [1.29, 1.82) is 0 Å². The molecule has 0 fully saturated rings. The van der Waals surface area contributed by atoms with Gasteiger partial charge in [-0.1, -0.05) is 25.1 Å². The Hall–Kier alpha value is -4.34. The number of carbonyl (C=O) groups is 2. The zero-order valence-corrected chi connectivity index (χ0v) is 29.8. The second-order valence-corrected chi connectivity index (χ2v) is 14.5. The average Bonchev–Trinajstić information content (AvgIpc) is 3.09. The number of aliphatic hydroxyl groups is 1. The van der Waals surface area contributed by atoms with Gasteiger partial charge in [0.05, 0.1) is 40.9 Å². The molecule has 0 radical (unpaired) electrons. The first kappa shape index (κ1) is 39.4. The van der Waals surface area contributed by atoms with Crippen LogP contribution in [0, 0.1) is 5.92 Å². The highest BCUT2D eigenvalue weighted by atomic mass is 32.2. The first-order chi connectivity index (χ1) is 24.1. The SMILES string of the molecule is C[C@H](CO)N1C[C@H](C)[C@H](CN(C)C(=O)Nc2ccc(C(F)(F)F)cc2)OCCCC[C@H](C)Oc2ccc(NS(=O)(=O)c3ccccc3)cc2C1=O. The number of aliphatic hydroxyl groups excluding tert-OH is 1. The van der Waals surface area contributed by atoms with Crippen molar-refractivity contribution in [3.8, 4) is 5.75 Å². The standard InChI is InChI=1S/C36H45F3N4O7S/c1-24-21-43(25(2)23-44)34(45)31-20-29(41-51(47,48)30-11-6-5-7-12-30)17-18-32(31)50-26(3)10-8-9-19-49-33(24)22-42(4)35(46)40-28-15-13-27(14-16-28)36(37,38)39/h5-7,11-18,20,24-26,33,41,44H,8-10,19,21-23H2,1-4H3,(H,40,46)/t24-,25+,26-,33-/m0/s1. The maximum absolute atomic E-state index is 14.3. The molecule has 11 nitrogen and oxygen atoms in total. The summed E-state index contributed by atoms with van der Waals surface area (Å²) in [5.41, 5.74) is -0.394. The first-order valence-corrected chi connectivity index (χ1v) is 18.2. The Morgan fingerprint density at radius 1 is 1.04 bits per heavy atom. The first-order valence-electron chi connectivity index (χ1n) is 16.7. The molecule has 3 aromatic rings. The number of likely N-dealkylation sites (N-methyl/N-ethyl adjacent to an activating group) is 1. The van der Waals surface area contributed by atoms with E-state index in [9.17, 15) is 36.3 Å². The van der Waals surface area contributed by atoms with Gasteiger partial charge in [-0.25, -0.2) is 13.2 Å². The minimum atomic E-state index is -4.50. The number of fused-ring (bicyclic) bond motifs is 1. The van der Waals surface area contributed by atoms with Crippen LogP contribution in [0.25, 0.3) is 0 Å². The molecule has 0 saturated carbocycles. The van der Waals surface area contributed by atoms with Gasteiger partial charge in [-0.15, -0.1) is 0 Å². The smallest absolute Gasteiger partial charge is 0.416 e. The molecule has 4 rings (SSSR count). The van der Waals surface area contributed by atoms with E-state index in [0.717, 1.165) is 18.6 Å².